The molecule has 1 aliphatic rings. The molecule has 132 valence electrons. The highest BCUT2D eigenvalue weighted by molar-refractivity contribution is 5.94. The second-order valence-corrected chi connectivity index (χ2v) is 6.39. The Bertz CT molecular complexity index is 865. The standard InChI is InChI=1S/C19H20N6O/c26-19(16-6-8-21-18(10-16)25-14-20-13-23-25)22-11-15-7-9-24(12-15)17-4-2-1-3-5-17/h1-6,8,10,13-15H,7,9,11-12H2,(H,22,26)/t15-/m1/s1. The topological polar surface area (TPSA) is 75.9 Å². The number of rotatable bonds is 5. The number of benzene rings is 1. The van der Waals surface area contributed by atoms with E-state index in [2.05, 4.69) is 49.5 Å². The van der Waals surface area contributed by atoms with Crippen LogP contribution in [0.2, 0.25) is 0 Å². The molecular formula is C19H20N6O. The molecule has 1 amide bonds. The monoisotopic (exact) mass is 348 g/mol. The number of aromatic nitrogens is 4. The molecular weight excluding hydrogens is 328 g/mol. The first-order chi connectivity index (χ1) is 12.8. The van der Waals surface area contributed by atoms with Gasteiger partial charge in [0.2, 0.25) is 0 Å². The van der Waals surface area contributed by atoms with Crippen LogP contribution in [0, 0.1) is 5.92 Å². The molecule has 0 unspecified atom stereocenters. The summed E-state index contributed by atoms with van der Waals surface area (Å²) in [6.07, 6.45) is 5.68. The highest BCUT2D eigenvalue weighted by Crippen LogP contribution is 2.23. The minimum absolute atomic E-state index is 0.0908. The number of anilines is 1. The van der Waals surface area contributed by atoms with E-state index in [1.807, 2.05) is 6.07 Å². The lowest BCUT2D eigenvalue weighted by Gasteiger charge is -2.18. The van der Waals surface area contributed by atoms with Crippen molar-refractivity contribution in [2.75, 3.05) is 24.5 Å². The molecule has 0 radical (unpaired) electrons. The van der Waals surface area contributed by atoms with Gasteiger partial charge in [0.15, 0.2) is 5.82 Å². The van der Waals surface area contributed by atoms with Crippen molar-refractivity contribution in [1.29, 1.82) is 0 Å². The van der Waals surface area contributed by atoms with Crippen molar-refractivity contribution in [3.05, 3.63) is 66.9 Å². The summed E-state index contributed by atoms with van der Waals surface area (Å²) in [6, 6.07) is 13.8. The predicted octanol–water partition coefficient (Wildman–Crippen LogP) is 1.92. The third kappa shape index (κ3) is 3.56. The second-order valence-electron chi connectivity index (χ2n) is 6.39. The van der Waals surface area contributed by atoms with E-state index in [0.717, 1.165) is 19.5 Å². The Hall–Kier alpha value is -3.22. The molecule has 1 aromatic carbocycles. The van der Waals surface area contributed by atoms with Gasteiger partial charge in [0.25, 0.3) is 5.91 Å². The molecule has 0 spiro atoms. The van der Waals surface area contributed by atoms with Crippen LogP contribution in [0.4, 0.5) is 5.69 Å². The number of hydrogen-bond donors (Lipinski definition) is 1. The molecule has 1 atom stereocenters. The van der Waals surface area contributed by atoms with Crippen LogP contribution in [-0.2, 0) is 0 Å². The van der Waals surface area contributed by atoms with Crippen LogP contribution in [0.3, 0.4) is 0 Å². The van der Waals surface area contributed by atoms with E-state index >= 15 is 0 Å². The minimum atomic E-state index is -0.0908. The van der Waals surface area contributed by atoms with Crippen LogP contribution >= 0.6 is 0 Å². The number of amides is 1. The zero-order valence-electron chi connectivity index (χ0n) is 14.3. The van der Waals surface area contributed by atoms with E-state index in [9.17, 15) is 4.79 Å². The third-order valence-corrected chi connectivity index (χ3v) is 4.62. The van der Waals surface area contributed by atoms with Crippen molar-refractivity contribution in [2.45, 2.75) is 6.42 Å². The molecule has 7 heteroatoms. The quantitative estimate of drug-likeness (QED) is 0.762. The summed E-state index contributed by atoms with van der Waals surface area (Å²) in [5, 5.41) is 7.09. The maximum Gasteiger partial charge on any atom is 0.251 e. The molecule has 3 heterocycles. The number of nitrogens with one attached hydrogen (secondary N) is 1. The molecule has 1 N–H and O–H groups in total. The zero-order chi connectivity index (χ0) is 17.8. The Labute approximate surface area is 151 Å². The fourth-order valence-electron chi connectivity index (χ4n) is 3.22. The van der Waals surface area contributed by atoms with Crippen molar-refractivity contribution in [2.24, 2.45) is 5.92 Å². The van der Waals surface area contributed by atoms with Crippen molar-refractivity contribution < 1.29 is 4.79 Å². The highest BCUT2D eigenvalue weighted by Gasteiger charge is 2.23. The highest BCUT2D eigenvalue weighted by atomic mass is 16.1. The van der Waals surface area contributed by atoms with Crippen LogP contribution in [0.15, 0.2) is 61.3 Å². The van der Waals surface area contributed by atoms with Crippen LogP contribution in [0.25, 0.3) is 5.82 Å². The van der Waals surface area contributed by atoms with E-state index < -0.39 is 0 Å². The van der Waals surface area contributed by atoms with Gasteiger partial charge in [-0.15, -0.1) is 0 Å². The van der Waals surface area contributed by atoms with Gasteiger partial charge in [0.1, 0.15) is 12.7 Å². The lowest BCUT2D eigenvalue weighted by molar-refractivity contribution is 0.0948. The molecule has 0 saturated carbocycles. The Morgan fingerprint density at radius 2 is 2.12 bits per heavy atom. The molecule has 2 aromatic heterocycles. The van der Waals surface area contributed by atoms with Crippen LogP contribution < -0.4 is 10.2 Å². The lowest BCUT2D eigenvalue weighted by atomic mass is 10.1. The van der Waals surface area contributed by atoms with E-state index in [1.165, 1.54) is 16.7 Å². The Morgan fingerprint density at radius 3 is 2.92 bits per heavy atom. The fraction of sp³-hybridized carbons (Fsp3) is 0.263. The Kier molecular flexibility index (Phi) is 4.59. The first-order valence-corrected chi connectivity index (χ1v) is 8.69. The van der Waals surface area contributed by atoms with Gasteiger partial charge in [0, 0.05) is 37.1 Å². The summed E-state index contributed by atoms with van der Waals surface area (Å²) in [5.74, 6) is 0.939. The molecule has 0 bridgehead atoms. The average Bonchev–Trinajstić information content (AvgIpc) is 3.39. The van der Waals surface area contributed by atoms with Crippen LogP contribution in [0.1, 0.15) is 16.8 Å². The Balaban J connectivity index is 1.34. The molecule has 7 nitrogen and oxygen atoms in total. The summed E-state index contributed by atoms with van der Waals surface area (Å²) < 4.78 is 1.53. The molecule has 4 rings (SSSR count). The van der Waals surface area contributed by atoms with E-state index in [1.54, 1.807) is 24.7 Å². The maximum atomic E-state index is 12.5. The van der Waals surface area contributed by atoms with Gasteiger partial charge >= 0.3 is 0 Å². The number of para-hydroxylation sites is 1. The number of carbonyl (C=O) groups is 1. The molecule has 26 heavy (non-hydrogen) atoms. The van der Waals surface area contributed by atoms with Crippen LogP contribution in [-0.4, -0.2) is 45.3 Å². The molecule has 3 aromatic rings. The normalized spacial score (nSPS) is 16.6. The first kappa shape index (κ1) is 16.3. The van der Waals surface area contributed by atoms with Crippen LogP contribution in [0.5, 0.6) is 0 Å². The lowest BCUT2D eigenvalue weighted by Crippen LogP contribution is -2.31. The smallest absolute Gasteiger partial charge is 0.251 e. The average molecular weight is 348 g/mol. The SMILES string of the molecule is O=C(NC[C@H]1CCN(c2ccccc2)C1)c1ccnc(-n2cncn2)c1. The summed E-state index contributed by atoms with van der Waals surface area (Å²) in [6.45, 7) is 2.66. The van der Waals surface area contributed by atoms with Crippen molar-refractivity contribution in [3.63, 3.8) is 0 Å². The van der Waals surface area contributed by atoms with Gasteiger partial charge in [0.05, 0.1) is 0 Å². The van der Waals surface area contributed by atoms with E-state index in [4.69, 9.17) is 0 Å². The van der Waals surface area contributed by atoms with Crippen molar-refractivity contribution in [1.82, 2.24) is 25.1 Å². The predicted molar refractivity (Wildman–Crippen MR) is 98.2 cm³/mol. The van der Waals surface area contributed by atoms with Gasteiger partial charge in [-0.3, -0.25) is 4.79 Å². The van der Waals surface area contributed by atoms with E-state index in [-0.39, 0.29) is 5.91 Å². The number of hydrogen-bond acceptors (Lipinski definition) is 5. The number of pyridine rings is 1. The Morgan fingerprint density at radius 1 is 1.23 bits per heavy atom. The zero-order valence-corrected chi connectivity index (χ0v) is 14.3. The summed E-state index contributed by atoms with van der Waals surface area (Å²) in [7, 11) is 0. The molecule has 0 aliphatic carbocycles. The third-order valence-electron chi connectivity index (χ3n) is 4.62. The summed E-state index contributed by atoms with van der Waals surface area (Å²) >= 11 is 0. The van der Waals surface area contributed by atoms with Gasteiger partial charge in [-0.2, -0.15) is 5.10 Å². The van der Waals surface area contributed by atoms with Gasteiger partial charge in [-0.05, 0) is 36.6 Å². The van der Waals surface area contributed by atoms with Crippen molar-refractivity contribution >= 4 is 11.6 Å². The largest absolute Gasteiger partial charge is 0.371 e. The van der Waals surface area contributed by atoms with Crippen molar-refractivity contribution in [3.8, 4) is 5.82 Å². The summed E-state index contributed by atoms with van der Waals surface area (Å²) in [5.41, 5.74) is 1.82. The van der Waals surface area contributed by atoms with E-state index in [0.29, 0.717) is 23.8 Å². The number of nitrogens with zero attached hydrogens (tertiary/aromatic N) is 5. The molecule has 1 fully saturated rings. The number of carbonyl (C=O) groups excluding carboxylic acids is 1. The fourth-order valence-corrected chi connectivity index (χ4v) is 3.22. The first-order valence-electron chi connectivity index (χ1n) is 8.69. The molecule has 1 saturated heterocycles. The maximum absolute atomic E-state index is 12.5. The molecule has 1 aliphatic heterocycles. The second kappa shape index (κ2) is 7.35. The van der Waals surface area contributed by atoms with Gasteiger partial charge in [-0.25, -0.2) is 14.6 Å². The van der Waals surface area contributed by atoms with Gasteiger partial charge < -0.3 is 10.2 Å². The minimum Gasteiger partial charge on any atom is -0.371 e. The van der Waals surface area contributed by atoms with Gasteiger partial charge in [-0.1, -0.05) is 18.2 Å². The summed E-state index contributed by atoms with van der Waals surface area (Å²) in [4.78, 5) is 23.0.